The summed E-state index contributed by atoms with van der Waals surface area (Å²) in [5.41, 5.74) is 6.62. The van der Waals surface area contributed by atoms with Crippen molar-refractivity contribution in [2.75, 3.05) is 13.6 Å². The topological polar surface area (TPSA) is 107 Å². The number of sulfonamides is 1. The second-order valence-corrected chi connectivity index (χ2v) is 7.77. The quantitative estimate of drug-likeness (QED) is 0.614. The lowest BCUT2D eigenvalue weighted by atomic mass is 10.1. The highest BCUT2D eigenvalue weighted by atomic mass is 35.5. The van der Waals surface area contributed by atoms with Crippen molar-refractivity contribution in [1.29, 1.82) is 0 Å². The average molecular weight is 364 g/mol. The number of benzene rings is 1. The van der Waals surface area contributed by atoms with Crippen molar-refractivity contribution in [3.05, 3.63) is 33.4 Å². The highest BCUT2D eigenvalue weighted by Gasteiger charge is 2.39. The van der Waals surface area contributed by atoms with Crippen LogP contribution in [0.3, 0.4) is 0 Å². The van der Waals surface area contributed by atoms with Crippen LogP contribution in [0.5, 0.6) is 0 Å². The highest BCUT2D eigenvalue weighted by Crippen LogP contribution is 2.37. The normalized spacial score (nSPS) is 16.0. The van der Waals surface area contributed by atoms with Gasteiger partial charge in [0.25, 0.3) is 5.69 Å². The zero-order chi connectivity index (χ0) is 16.7. The molecule has 2 rings (SSSR count). The molecular formula is C14H22ClN3O4S. The fourth-order valence-electron chi connectivity index (χ4n) is 2.63. The van der Waals surface area contributed by atoms with E-state index in [-0.39, 0.29) is 41.5 Å². The van der Waals surface area contributed by atoms with Crippen LogP contribution in [-0.4, -0.2) is 37.3 Å². The van der Waals surface area contributed by atoms with E-state index in [0.717, 1.165) is 18.9 Å². The van der Waals surface area contributed by atoms with Gasteiger partial charge in [-0.2, -0.15) is 4.31 Å². The number of hydrogen-bond donors (Lipinski definition) is 1. The van der Waals surface area contributed by atoms with Gasteiger partial charge in [-0.3, -0.25) is 10.1 Å². The maximum atomic E-state index is 12.9. The van der Waals surface area contributed by atoms with E-state index in [1.165, 1.54) is 17.4 Å². The van der Waals surface area contributed by atoms with Gasteiger partial charge in [-0.25, -0.2) is 8.42 Å². The zero-order valence-corrected chi connectivity index (χ0v) is 15.0. The van der Waals surface area contributed by atoms with E-state index in [1.54, 1.807) is 13.8 Å². The lowest BCUT2D eigenvalue weighted by Gasteiger charge is -2.27. The Kier molecular flexibility index (Phi) is 6.14. The third-order valence-corrected chi connectivity index (χ3v) is 6.36. The van der Waals surface area contributed by atoms with Crippen molar-refractivity contribution >= 4 is 28.1 Å². The molecule has 0 saturated heterocycles. The van der Waals surface area contributed by atoms with E-state index in [2.05, 4.69) is 0 Å². The van der Waals surface area contributed by atoms with Crippen LogP contribution in [0.15, 0.2) is 17.0 Å². The third-order valence-electron chi connectivity index (χ3n) is 4.35. The largest absolute Gasteiger partial charge is 0.329 e. The fraction of sp³-hybridized carbons (Fsp3) is 0.571. The summed E-state index contributed by atoms with van der Waals surface area (Å²) in [5.74, 6) is 0.282. The Hall–Kier alpha value is -1.22. The summed E-state index contributed by atoms with van der Waals surface area (Å²) in [6, 6.07) is 2.26. The Bertz CT molecular complexity index is 704. The molecule has 0 aliphatic heterocycles. The van der Waals surface area contributed by atoms with Crippen molar-refractivity contribution < 1.29 is 13.3 Å². The molecule has 1 aliphatic carbocycles. The van der Waals surface area contributed by atoms with Gasteiger partial charge < -0.3 is 5.73 Å². The van der Waals surface area contributed by atoms with Crippen molar-refractivity contribution in [2.45, 2.75) is 37.6 Å². The lowest BCUT2D eigenvalue weighted by Crippen LogP contribution is -2.43. The van der Waals surface area contributed by atoms with Crippen molar-refractivity contribution in [1.82, 2.24) is 4.31 Å². The molecular weight excluding hydrogens is 342 g/mol. The first kappa shape index (κ1) is 19.8. The SMILES string of the molecule is Cc1cc([N+](=O)[O-])cc(S(=O)(=O)N(C)C(CN)C2CC2)c1C.Cl. The zero-order valence-electron chi connectivity index (χ0n) is 13.4. The van der Waals surface area contributed by atoms with Gasteiger partial charge in [0.05, 0.1) is 9.82 Å². The Morgan fingerprint density at radius 2 is 1.96 bits per heavy atom. The highest BCUT2D eigenvalue weighted by molar-refractivity contribution is 7.89. The first-order valence-electron chi connectivity index (χ1n) is 7.14. The van der Waals surface area contributed by atoms with Crippen LogP contribution in [0, 0.1) is 29.9 Å². The predicted molar refractivity (Wildman–Crippen MR) is 90.3 cm³/mol. The number of rotatable bonds is 6. The van der Waals surface area contributed by atoms with E-state index in [1.807, 2.05) is 0 Å². The summed E-state index contributed by atoms with van der Waals surface area (Å²) in [5, 5.41) is 11.0. The molecule has 1 atom stereocenters. The van der Waals surface area contributed by atoms with Crippen LogP contribution in [0.1, 0.15) is 24.0 Å². The summed E-state index contributed by atoms with van der Waals surface area (Å²) < 4.78 is 27.0. The predicted octanol–water partition coefficient (Wildman–Crippen LogP) is 1.99. The van der Waals surface area contributed by atoms with Gasteiger partial charge in [-0.15, -0.1) is 12.4 Å². The number of hydrogen-bond acceptors (Lipinski definition) is 5. The van der Waals surface area contributed by atoms with Gasteiger partial charge in [0.15, 0.2) is 0 Å². The van der Waals surface area contributed by atoms with Gasteiger partial charge in [-0.05, 0) is 43.7 Å². The molecule has 1 aliphatic rings. The molecule has 0 radical (unpaired) electrons. The standard InChI is InChI=1S/C14H21N3O4S.ClH/c1-9-6-12(17(18)19)7-14(10(9)2)22(20,21)16(3)13(8-15)11-4-5-11;/h6-7,11,13H,4-5,8,15H2,1-3H3;1H. The second-order valence-electron chi connectivity index (χ2n) is 5.80. The summed E-state index contributed by atoms with van der Waals surface area (Å²) >= 11 is 0. The molecule has 0 aromatic heterocycles. The van der Waals surface area contributed by atoms with E-state index >= 15 is 0 Å². The Morgan fingerprint density at radius 3 is 2.39 bits per heavy atom. The number of nitrogens with zero attached hydrogens (tertiary/aromatic N) is 2. The molecule has 130 valence electrons. The number of likely N-dealkylation sites (N-methyl/N-ethyl adjacent to an activating group) is 1. The molecule has 23 heavy (non-hydrogen) atoms. The Labute approximate surface area is 142 Å². The van der Waals surface area contributed by atoms with E-state index in [0.29, 0.717) is 11.1 Å². The number of non-ortho nitro benzene ring substituents is 1. The van der Waals surface area contributed by atoms with Crippen molar-refractivity contribution in [2.24, 2.45) is 11.7 Å². The monoisotopic (exact) mass is 363 g/mol. The number of nitrogens with two attached hydrogens (primary N) is 1. The van der Waals surface area contributed by atoms with Crippen molar-refractivity contribution in [3.63, 3.8) is 0 Å². The first-order chi connectivity index (χ1) is 10.2. The maximum absolute atomic E-state index is 12.9. The number of nitro benzene ring substituents is 1. The fourth-order valence-corrected chi connectivity index (χ4v) is 4.38. The van der Waals surface area contributed by atoms with E-state index in [9.17, 15) is 18.5 Å². The van der Waals surface area contributed by atoms with Crippen LogP contribution < -0.4 is 5.73 Å². The Morgan fingerprint density at radius 1 is 1.39 bits per heavy atom. The summed E-state index contributed by atoms with van der Waals surface area (Å²) in [6.07, 6.45) is 1.93. The third kappa shape index (κ3) is 3.82. The molecule has 2 N–H and O–H groups in total. The number of nitro groups is 1. The van der Waals surface area contributed by atoms with Gasteiger partial charge in [0, 0.05) is 31.8 Å². The summed E-state index contributed by atoms with van der Waals surface area (Å²) in [6.45, 7) is 3.57. The molecule has 1 aromatic carbocycles. The molecule has 9 heteroatoms. The summed E-state index contributed by atoms with van der Waals surface area (Å²) in [7, 11) is -2.32. The minimum atomic E-state index is -3.82. The molecule has 0 amide bonds. The molecule has 0 heterocycles. The van der Waals surface area contributed by atoms with Gasteiger partial charge in [0.1, 0.15) is 0 Å². The van der Waals surface area contributed by atoms with Crippen LogP contribution in [0.4, 0.5) is 5.69 Å². The summed E-state index contributed by atoms with van der Waals surface area (Å²) in [4.78, 5) is 10.4. The minimum absolute atomic E-state index is 0. The van der Waals surface area contributed by atoms with Crippen LogP contribution in [0.25, 0.3) is 0 Å². The second kappa shape index (κ2) is 7.12. The van der Waals surface area contributed by atoms with Crippen molar-refractivity contribution in [3.8, 4) is 0 Å². The molecule has 0 bridgehead atoms. The Balaban J connectivity index is 0.00000264. The van der Waals surface area contributed by atoms with Crippen LogP contribution >= 0.6 is 12.4 Å². The molecule has 1 aromatic rings. The van der Waals surface area contributed by atoms with Crippen LogP contribution in [-0.2, 0) is 10.0 Å². The van der Waals surface area contributed by atoms with Crippen LogP contribution in [0.2, 0.25) is 0 Å². The van der Waals surface area contributed by atoms with Gasteiger partial charge in [-0.1, -0.05) is 0 Å². The first-order valence-corrected chi connectivity index (χ1v) is 8.58. The minimum Gasteiger partial charge on any atom is -0.329 e. The number of aryl methyl sites for hydroxylation is 1. The molecule has 7 nitrogen and oxygen atoms in total. The molecule has 1 saturated carbocycles. The molecule has 1 unspecified atom stereocenters. The van der Waals surface area contributed by atoms with Gasteiger partial charge in [0.2, 0.25) is 10.0 Å². The molecule has 0 spiro atoms. The average Bonchev–Trinajstić information content (AvgIpc) is 3.26. The molecule has 1 fully saturated rings. The number of halogens is 1. The smallest absolute Gasteiger partial charge is 0.271 e. The van der Waals surface area contributed by atoms with E-state index < -0.39 is 14.9 Å². The van der Waals surface area contributed by atoms with Gasteiger partial charge >= 0.3 is 0 Å². The maximum Gasteiger partial charge on any atom is 0.271 e. The van der Waals surface area contributed by atoms with E-state index in [4.69, 9.17) is 5.73 Å². The lowest BCUT2D eigenvalue weighted by molar-refractivity contribution is -0.385.